The maximum Gasteiger partial charge on any atom is 0.130 e. The molecule has 0 aliphatic heterocycles. The predicted octanol–water partition coefficient (Wildman–Crippen LogP) is 2.67. The van der Waals surface area contributed by atoms with E-state index >= 15 is 0 Å². The third-order valence-corrected chi connectivity index (χ3v) is 2.80. The normalized spacial score (nSPS) is 11.0. The number of nitrogens with zero attached hydrogens (tertiary/aromatic N) is 2. The van der Waals surface area contributed by atoms with Gasteiger partial charge in [0.1, 0.15) is 18.2 Å². The van der Waals surface area contributed by atoms with Crippen molar-refractivity contribution >= 4 is 0 Å². The molecule has 1 aromatic heterocycles. The summed E-state index contributed by atoms with van der Waals surface area (Å²) in [6.07, 6.45) is 3.47. The molecule has 0 unspecified atom stereocenters. The summed E-state index contributed by atoms with van der Waals surface area (Å²) in [6, 6.07) is 4.50. The van der Waals surface area contributed by atoms with Crippen molar-refractivity contribution in [3.63, 3.8) is 0 Å². The Labute approximate surface area is 111 Å². The lowest BCUT2D eigenvalue weighted by atomic mass is 10.2. The summed E-state index contributed by atoms with van der Waals surface area (Å²) in [5.41, 5.74) is 1.41. The molecule has 0 fully saturated rings. The van der Waals surface area contributed by atoms with Crippen LogP contribution in [-0.2, 0) is 13.2 Å². The predicted molar refractivity (Wildman–Crippen MR) is 69.3 cm³/mol. The molecule has 1 aromatic carbocycles. The van der Waals surface area contributed by atoms with Crippen LogP contribution in [0.3, 0.4) is 0 Å². The number of ether oxygens (including phenoxy) is 1. The van der Waals surface area contributed by atoms with E-state index in [0.29, 0.717) is 24.0 Å². The van der Waals surface area contributed by atoms with Gasteiger partial charge in [0.05, 0.1) is 24.8 Å². The second-order valence-electron chi connectivity index (χ2n) is 4.63. The fourth-order valence-corrected chi connectivity index (χ4v) is 1.86. The van der Waals surface area contributed by atoms with Gasteiger partial charge in [-0.2, -0.15) is 0 Å². The molecule has 0 amide bonds. The van der Waals surface area contributed by atoms with Crippen molar-refractivity contribution in [2.24, 2.45) is 0 Å². The number of imidazole rings is 1. The minimum atomic E-state index is -0.418. The van der Waals surface area contributed by atoms with E-state index in [4.69, 9.17) is 9.84 Å². The van der Waals surface area contributed by atoms with Crippen molar-refractivity contribution in [3.8, 4) is 5.75 Å². The van der Waals surface area contributed by atoms with E-state index in [1.54, 1.807) is 18.6 Å². The van der Waals surface area contributed by atoms with Gasteiger partial charge in [0.2, 0.25) is 0 Å². The summed E-state index contributed by atoms with van der Waals surface area (Å²) in [6.45, 7) is 4.21. The van der Waals surface area contributed by atoms with Gasteiger partial charge in [-0.25, -0.2) is 9.37 Å². The monoisotopic (exact) mass is 264 g/mol. The van der Waals surface area contributed by atoms with Gasteiger partial charge in [-0.15, -0.1) is 0 Å². The molecular formula is C14H17FN2O2. The largest absolute Gasteiger partial charge is 0.487 e. The molecule has 102 valence electrons. The third kappa shape index (κ3) is 3.32. The minimum absolute atomic E-state index is 0.210. The molecule has 0 spiro atoms. The topological polar surface area (TPSA) is 47.3 Å². The Morgan fingerprint density at radius 1 is 1.37 bits per heavy atom. The first-order chi connectivity index (χ1) is 9.10. The molecule has 4 nitrogen and oxygen atoms in total. The lowest BCUT2D eigenvalue weighted by Gasteiger charge is -2.13. The molecule has 2 aromatic rings. The average Bonchev–Trinajstić information content (AvgIpc) is 2.84. The quantitative estimate of drug-likeness (QED) is 0.903. The fraction of sp³-hybridized carbons (Fsp3) is 0.357. The fourth-order valence-electron chi connectivity index (χ4n) is 1.86. The number of hydrogen-bond donors (Lipinski definition) is 1. The number of halogens is 1. The van der Waals surface area contributed by atoms with Crippen LogP contribution in [0.5, 0.6) is 5.75 Å². The van der Waals surface area contributed by atoms with E-state index in [-0.39, 0.29) is 6.61 Å². The first-order valence-corrected chi connectivity index (χ1v) is 6.14. The van der Waals surface area contributed by atoms with Gasteiger partial charge in [-0.1, -0.05) is 0 Å². The number of aliphatic hydroxyl groups is 1. The average molecular weight is 264 g/mol. The zero-order valence-electron chi connectivity index (χ0n) is 11.0. The zero-order valence-corrected chi connectivity index (χ0v) is 11.0. The van der Waals surface area contributed by atoms with E-state index in [1.807, 2.05) is 4.57 Å². The molecule has 0 aliphatic carbocycles. The number of aromatic nitrogens is 2. The van der Waals surface area contributed by atoms with Crippen molar-refractivity contribution < 1.29 is 14.2 Å². The number of hydrogen-bond acceptors (Lipinski definition) is 3. The number of benzene rings is 1. The molecule has 0 saturated carbocycles. The maximum absolute atomic E-state index is 13.3. The van der Waals surface area contributed by atoms with Crippen LogP contribution in [0, 0.1) is 5.82 Å². The van der Waals surface area contributed by atoms with Crippen LogP contribution in [-0.4, -0.2) is 14.7 Å². The summed E-state index contributed by atoms with van der Waals surface area (Å²) in [4.78, 5) is 4.08. The molecule has 2 rings (SSSR count). The van der Waals surface area contributed by atoms with Crippen molar-refractivity contribution in [3.05, 3.63) is 47.8 Å². The highest BCUT2D eigenvalue weighted by Crippen LogP contribution is 2.18. The highest BCUT2D eigenvalue weighted by atomic mass is 19.1. The third-order valence-electron chi connectivity index (χ3n) is 2.80. The SMILES string of the molecule is CC(C)n1cncc1COc1cc(F)cc(CO)c1. The lowest BCUT2D eigenvalue weighted by molar-refractivity contribution is 0.274. The molecule has 19 heavy (non-hydrogen) atoms. The van der Waals surface area contributed by atoms with Crippen LogP contribution >= 0.6 is 0 Å². The molecule has 5 heteroatoms. The lowest BCUT2D eigenvalue weighted by Crippen LogP contribution is -2.07. The van der Waals surface area contributed by atoms with Gasteiger partial charge in [-0.3, -0.25) is 0 Å². The van der Waals surface area contributed by atoms with Gasteiger partial charge in [0.15, 0.2) is 0 Å². The van der Waals surface area contributed by atoms with Crippen LogP contribution in [0.2, 0.25) is 0 Å². The molecule has 0 bridgehead atoms. The standard InChI is InChI=1S/C14H17FN2O2/c1-10(2)17-9-16-6-13(17)8-19-14-4-11(7-18)3-12(15)5-14/h3-6,9-10,18H,7-8H2,1-2H3. The van der Waals surface area contributed by atoms with Crippen LogP contribution in [0.25, 0.3) is 0 Å². The first kappa shape index (κ1) is 13.5. The smallest absolute Gasteiger partial charge is 0.130 e. The van der Waals surface area contributed by atoms with Crippen molar-refractivity contribution in [1.29, 1.82) is 0 Å². The van der Waals surface area contributed by atoms with Crippen LogP contribution < -0.4 is 4.74 Å². The Morgan fingerprint density at radius 2 is 2.16 bits per heavy atom. The highest BCUT2D eigenvalue weighted by Gasteiger charge is 2.07. The number of aliphatic hydroxyl groups excluding tert-OH is 1. The Kier molecular flexibility index (Phi) is 4.16. The van der Waals surface area contributed by atoms with Gasteiger partial charge in [-0.05, 0) is 31.5 Å². The molecule has 0 saturated heterocycles. The van der Waals surface area contributed by atoms with Gasteiger partial charge >= 0.3 is 0 Å². The van der Waals surface area contributed by atoms with Crippen LogP contribution in [0.1, 0.15) is 31.1 Å². The van der Waals surface area contributed by atoms with E-state index in [1.165, 1.54) is 12.1 Å². The van der Waals surface area contributed by atoms with E-state index in [9.17, 15) is 4.39 Å². The van der Waals surface area contributed by atoms with E-state index in [2.05, 4.69) is 18.8 Å². The van der Waals surface area contributed by atoms with E-state index in [0.717, 1.165) is 5.69 Å². The molecule has 0 aliphatic rings. The summed E-state index contributed by atoms with van der Waals surface area (Å²) >= 11 is 0. The van der Waals surface area contributed by atoms with Crippen molar-refractivity contribution in [2.45, 2.75) is 33.1 Å². The molecule has 1 heterocycles. The van der Waals surface area contributed by atoms with Crippen molar-refractivity contribution in [1.82, 2.24) is 9.55 Å². The summed E-state index contributed by atoms with van der Waals surface area (Å²) < 4.78 is 20.8. The molecule has 0 atom stereocenters. The van der Waals surface area contributed by atoms with Gasteiger partial charge in [0.25, 0.3) is 0 Å². The van der Waals surface area contributed by atoms with Crippen LogP contribution in [0.15, 0.2) is 30.7 Å². The summed E-state index contributed by atoms with van der Waals surface area (Å²) in [5, 5.41) is 9.02. The first-order valence-electron chi connectivity index (χ1n) is 6.14. The highest BCUT2D eigenvalue weighted by molar-refractivity contribution is 5.29. The molecular weight excluding hydrogens is 247 g/mol. The van der Waals surface area contributed by atoms with Crippen molar-refractivity contribution in [2.75, 3.05) is 0 Å². The van der Waals surface area contributed by atoms with Gasteiger partial charge < -0.3 is 14.4 Å². The van der Waals surface area contributed by atoms with E-state index < -0.39 is 5.82 Å². The molecule has 0 radical (unpaired) electrons. The van der Waals surface area contributed by atoms with Gasteiger partial charge in [0, 0.05) is 12.1 Å². The summed E-state index contributed by atoms with van der Waals surface area (Å²) in [7, 11) is 0. The second kappa shape index (κ2) is 5.84. The minimum Gasteiger partial charge on any atom is -0.487 e. The Bertz CT molecular complexity index is 552. The second-order valence-corrected chi connectivity index (χ2v) is 4.63. The zero-order chi connectivity index (χ0) is 13.8. The summed E-state index contributed by atoms with van der Waals surface area (Å²) in [5.74, 6) is -0.0144. The Hall–Kier alpha value is -1.88. The van der Waals surface area contributed by atoms with Crippen LogP contribution in [0.4, 0.5) is 4.39 Å². The Morgan fingerprint density at radius 3 is 2.84 bits per heavy atom. The number of rotatable bonds is 5. The Balaban J connectivity index is 2.10. The maximum atomic E-state index is 13.3. The molecule has 1 N–H and O–H groups in total.